The lowest BCUT2D eigenvalue weighted by Crippen LogP contribution is -1.94. The monoisotopic (exact) mass is 176 g/mol. The standard InChI is InChI=1S/C11H12O2/c1-4-9-7-10(8(2)12)5-6-11(9)13-3/h4-7H,1H2,2-3H3. The largest absolute Gasteiger partial charge is 0.496 e. The molecule has 0 aliphatic heterocycles. The van der Waals surface area contributed by atoms with Crippen molar-refractivity contribution in [3.63, 3.8) is 0 Å². The average molecular weight is 176 g/mol. The summed E-state index contributed by atoms with van der Waals surface area (Å²) >= 11 is 0. The Bertz CT molecular complexity index is 340. The van der Waals surface area contributed by atoms with Crippen LogP contribution in [0, 0.1) is 0 Å². The number of Topliss-reactive ketones (excluding diaryl/α,β-unsaturated/α-hetero) is 1. The van der Waals surface area contributed by atoms with E-state index in [1.165, 1.54) is 6.92 Å². The van der Waals surface area contributed by atoms with Gasteiger partial charge in [-0.3, -0.25) is 4.79 Å². The van der Waals surface area contributed by atoms with E-state index in [0.29, 0.717) is 5.56 Å². The number of carbonyl (C=O) groups is 1. The zero-order chi connectivity index (χ0) is 9.84. The molecule has 0 aliphatic rings. The van der Waals surface area contributed by atoms with Gasteiger partial charge in [-0.2, -0.15) is 0 Å². The van der Waals surface area contributed by atoms with Crippen molar-refractivity contribution in [2.24, 2.45) is 0 Å². The molecule has 0 bridgehead atoms. The van der Waals surface area contributed by atoms with Crippen molar-refractivity contribution >= 4 is 11.9 Å². The summed E-state index contributed by atoms with van der Waals surface area (Å²) < 4.78 is 5.09. The molecule has 2 heteroatoms. The van der Waals surface area contributed by atoms with Gasteiger partial charge in [-0.05, 0) is 25.1 Å². The van der Waals surface area contributed by atoms with E-state index < -0.39 is 0 Å². The number of benzene rings is 1. The summed E-state index contributed by atoms with van der Waals surface area (Å²) in [6.45, 7) is 5.19. The van der Waals surface area contributed by atoms with Gasteiger partial charge in [-0.25, -0.2) is 0 Å². The first-order valence-electron chi connectivity index (χ1n) is 4.00. The van der Waals surface area contributed by atoms with Crippen molar-refractivity contribution in [2.75, 3.05) is 7.11 Å². The van der Waals surface area contributed by atoms with Crippen LogP contribution in [0.1, 0.15) is 22.8 Å². The Labute approximate surface area is 77.8 Å². The zero-order valence-corrected chi connectivity index (χ0v) is 7.83. The highest BCUT2D eigenvalue weighted by atomic mass is 16.5. The molecule has 1 aromatic carbocycles. The summed E-state index contributed by atoms with van der Waals surface area (Å²) in [6.07, 6.45) is 1.67. The smallest absolute Gasteiger partial charge is 0.159 e. The van der Waals surface area contributed by atoms with Gasteiger partial charge in [-0.15, -0.1) is 0 Å². The fraction of sp³-hybridized carbons (Fsp3) is 0.182. The molecular weight excluding hydrogens is 164 g/mol. The quantitative estimate of drug-likeness (QED) is 0.661. The molecule has 2 nitrogen and oxygen atoms in total. The maximum absolute atomic E-state index is 11.0. The Morgan fingerprint density at radius 2 is 2.23 bits per heavy atom. The van der Waals surface area contributed by atoms with E-state index in [1.54, 1.807) is 31.4 Å². The number of rotatable bonds is 3. The first kappa shape index (κ1) is 9.52. The normalized spacial score (nSPS) is 9.38. The van der Waals surface area contributed by atoms with E-state index in [0.717, 1.165) is 11.3 Å². The summed E-state index contributed by atoms with van der Waals surface area (Å²) in [4.78, 5) is 11.0. The predicted octanol–water partition coefficient (Wildman–Crippen LogP) is 2.54. The molecule has 1 rings (SSSR count). The fourth-order valence-electron chi connectivity index (χ4n) is 1.11. The van der Waals surface area contributed by atoms with Crippen LogP contribution in [0.15, 0.2) is 24.8 Å². The van der Waals surface area contributed by atoms with E-state index in [9.17, 15) is 4.79 Å². The second kappa shape index (κ2) is 3.90. The van der Waals surface area contributed by atoms with Crippen molar-refractivity contribution < 1.29 is 9.53 Å². The van der Waals surface area contributed by atoms with Gasteiger partial charge in [0, 0.05) is 11.1 Å². The molecule has 0 fully saturated rings. The molecule has 0 N–H and O–H groups in total. The van der Waals surface area contributed by atoms with Crippen molar-refractivity contribution in [1.82, 2.24) is 0 Å². The Morgan fingerprint density at radius 3 is 2.69 bits per heavy atom. The van der Waals surface area contributed by atoms with E-state index >= 15 is 0 Å². The molecule has 68 valence electrons. The third-order valence-electron chi connectivity index (χ3n) is 1.86. The molecule has 0 atom stereocenters. The second-order valence-corrected chi connectivity index (χ2v) is 2.72. The van der Waals surface area contributed by atoms with Gasteiger partial charge in [0.25, 0.3) is 0 Å². The Hall–Kier alpha value is -1.57. The van der Waals surface area contributed by atoms with E-state index in [4.69, 9.17) is 4.74 Å². The Morgan fingerprint density at radius 1 is 1.54 bits per heavy atom. The Kier molecular flexibility index (Phi) is 2.85. The fourth-order valence-corrected chi connectivity index (χ4v) is 1.11. The van der Waals surface area contributed by atoms with Crippen LogP contribution in [0.5, 0.6) is 5.75 Å². The summed E-state index contributed by atoms with van der Waals surface area (Å²) in [5.74, 6) is 0.783. The lowest BCUT2D eigenvalue weighted by Gasteiger charge is -2.05. The molecule has 13 heavy (non-hydrogen) atoms. The average Bonchev–Trinajstić information content (AvgIpc) is 2.16. The number of carbonyl (C=O) groups excluding carboxylic acids is 1. The van der Waals surface area contributed by atoms with Crippen LogP contribution in [0.3, 0.4) is 0 Å². The van der Waals surface area contributed by atoms with Gasteiger partial charge in [-0.1, -0.05) is 12.7 Å². The third kappa shape index (κ3) is 1.96. The highest BCUT2D eigenvalue weighted by molar-refractivity contribution is 5.94. The number of ether oxygens (including phenoxy) is 1. The summed E-state index contributed by atoms with van der Waals surface area (Å²) in [7, 11) is 1.59. The molecule has 0 saturated heterocycles. The predicted molar refractivity (Wildman–Crippen MR) is 53.1 cm³/mol. The summed E-state index contributed by atoms with van der Waals surface area (Å²) in [5.41, 5.74) is 1.52. The Balaban J connectivity index is 3.20. The first-order valence-corrected chi connectivity index (χ1v) is 4.00. The molecule has 0 saturated carbocycles. The minimum Gasteiger partial charge on any atom is -0.496 e. The lowest BCUT2D eigenvalue weighted by molar-refractivity contribution is 0.101. The molecule has 0 heterocycles. The number of methoxy groups -OCH3 is 1. The minimum absolute atomic E-state index is 0.0470. The van der Waals surface area contributed by atoms with Crippen LogP contribution in [0.25, 0.3) is 6.08 Å². The maximum atomic E-state index is 11.0. The van der Waals surface area contributed by atoms with Crippen LogP contribution in [-0.4, -0.2) is 12.9 Å². The topological polar surface area (TPSA) is 26.3 Å². The van der Waals surface area contributed by atoms with Gasteiger partial charge in [0.1, 0.15) is 5.75 Å². The molecular formula is C11H12O2. The van der Waals surface area contributed by atoms with Crippen molar-refractivity contribution in [3.05, 3.63) is 35.9 Å². The maximum Gasteiger partial charge on any atom is 0.159 e. The van der Waals surface area contributed by atoms with Crippen LogP contribution in [0.2, 0.25) is 0 Å². The minimum atomic E-state index is 0.0470. The van der Waals surface area contributed by atoms with Crippen LogP contribution >= 0.6 is 0 Å². The van der Waals surface area contributed by atoms with E-state index in [-0.39, 0.29) is 5.78 Å². The molecule has 0 amide bonds. The highest BCUT2D eigenvalue weighted by Crippen LogP contribution is 2.20. The summed E-state index contributed by atoms with van der Waals surface area (Å²) in [6, 6.07) is 5.29. The van der Waals surface area contributed by atoms with Gasteiger partial charge in [0.2, 0.25) is 0 Å². The van der Waals surface area contributed by atoms with Crippen LogP contribution < -0.4 is 4.74 Å². The summed E-state index contributed by atoms with van der Waals surface area (Å²) in [5, 5.41) is 0. The van der Waals surface area contributed by atoms with E-state index in [1.807, 2.05) is 0 Å². The molecule has 0 aromatic heterocycles. The van der Waals surface area contributed by atoms with Crippen molar-refractivity contribution in [3.8, 4) is 5.75 Å². The third-order valence-corrected chi connectivity index (χ3v) is 1.86. The molecule has 1 aromatic rings. The second-order valence-electron chi connectivity index (χ2n) is 2.72. The van der Waals surface area contributed by atoms with Gasteiger partial charge in [0.05, 0.1) is 7.11 Å². The molecule has 0 unspecified atom stereocenters. The van der Waals surface area contributed by atoms with Crippen LogP contribution in [0.4, 0.5) is 0 Å². The number of ketones is 1. The SMILES string of the molecule is C=Cc1cc(C(C)=O)ccc1OC. The first-order chi connectivity index (χ1) is 6.19. The van der Waals surface area contributed by atoms with Crippen molar-refractivity contribution in [1.29, 1.82) is 0 Å². The molecule has 0 radical (unpaired) electrons. The lowest BCUT2D eigenvalue weighted by atomic mass is 10.1. The van der Waals surface area contributed by atoms with Gasteiger partial charge >= 0.3 is 0 Å². The van der Waals surface area contributed by atoms with Gasteiger partial charge < -0.3 is 4.74 Å². The van der Waals surface area contributed by atoms with Crippen LogP contribution in [-0.2, 0) is 0 Å². The number of hydrogen-bond donors (Lipinski definition) is 0. The van der Waals surface area contributed by atoms with E-state index in [2.05, 4.69) is 6.58 Å². The molecule has 0 spiro atoms. The highest BCUT2D eigenvalue weighted by Gasteiger charge is 2.03. The molecule has 0 aliphatic carbocycles. The zero-order valence-electron chi connectivity index (χ0n) is 7.83. The van der Waals surface area contributed by atoms with Crippen molar-refractivity contribution in [2.45, 2.75) is 6.92 Å². The van der Waals surface area contributed by atoms with Gasteiger partial charge in [0.15, 0.2) is 5.78 Å². The number of hydrogen-bond acceptors (Lipinski definition) is 2.